The Hall–Kier alpha value is -2.88. The number of aliphatic hydroxyl groups is 1. The Labute approximate surface area is 326 Å². The van der Waals surface area contributed by atoms with Gasteiger partial charge in [0, 0.05) is 92.7 Å². The summed E-state index contributed by atoms with van der Waals surface area (Å²) in [7, 11) is 0. The van der Waals surface area contributed by atoms with Gasteiger partial charge in [-0.1, -0.05) is 26.3 Å². The summed E-state index contributed by atoms with van der Waals surface area (Å²) < 4.78 is 63.7. The number of aliphatic hydroxyl groups excluding tert-OH is 1. The molecule has 4 aliphatic heterocycles. The molecule has 2 aromatic rings. The minimum atomic E-state index is -4.54. The van der Waals surface area contributed by atoms with Crippen molar-refractivity contribution >= 4 is 23.8 Å². The molecule has 0 radical (unpaired) electrons. The third kappa shape index (κ3) is 11.4. The van der Waals surface area contributed by atoms with E-state index in [-0.39, 0.29) is 41.8 Å². The highest BCUT2D eigenvalue weighted by molar-refractivity contribution is 7.99. The second-order valence-corrected chi connectivity index (χ2v) is 17.4. The number of rotatable bonds is 13. The van der Waals surface area contributed by atoms with Crippen molar-refractivity contribution < 1.29 is 37.0 Å². The highest BCUT2D eigenvalue weighted by Gasteiger charge is 2.36. The molecule has 2 amide bonds. The fraction of sp³-hybridized carbons (Fsp3) is 0.725. The van der Waals surface area contributed by atoms with E-state index >= 15 is 0 Å². The van der Waals surface area contributed by atoms with Gasteiger partial charge < -0.3 is 29.4 Å². The third-order valence-electron chi connectivity index (χ3n) is 11.4. The molecule has 10 nitrogen and oxygen atoms in total. The third-order valence-corrected chi connectivity index (χ3v) is 12.4. The molecule has 55 heavy (non-hydrogen) atoms. The summed E-state index contributed by atoms with van der Waals surface area (Å²) in [5.41, 5.74) is 2.07. The Kier molecular flexibility index (Phi) is 14.5. The molecule has 5 heterocycles. The molecule has 0 bridgehead atoms. The molecule has 4 aliphatic rings. The maximum absolute atomic E-state index is 14.3. The smallest absolute Gasteiger partial charge is 0.417 e. The van der Waals surface area contributed by atoms with E-state index in [1.807, 2.05) is 23.4 Å². The van der Waals surface area contributed by atoms with E-state index in [0.29, 0.717) is 108 Å². The lowest BCUT2D eigenvalue weighted by atomic mass is 9.92. The molecular weight excluding hydrogens is 737 g/mol. The first-order chi connectivity index (χ1) is 26.3. The van der Waals surface area contributed by atoms with E-state index in [0.717, 1.165) is 55.0 Å². The Bertz CT molecular complexity index is 1590. The molecule has 3 fully saturated rings. The van der Waals surface area contributed by atoms with Crippen LogP contribution in [0.25, 0.3) is 11.3 Å². The van der Waals surface area contributed by atoms with Crippen LogP contribution in [-0.2, 0) is 35.2 Å². The van der Waals surface area contributed by atoms with E-state index in [1.54, 1.807) is 11.0 Å². The van der Waals surface area contributed by atoms with Crippen molar-refractivity contribution in [3.8, 4) is 11.3 Å². The number of carbonyl (C=O) groups excluding carboxylic acids is 2. The largest absolute Gasteiger partial charge is 0.449 e. The van der Waals surface area contributed by atoms with Gasteiger partial charge in [0.25, 0.3) is 0 Å². The number of fused-ring (bicyclic) bond motifs is 1. The Balaban J connectivity index is 1.19. The molecule has 0 aliphatic carbocycles. The second kappa shape index (κ2) is 19.0. The van der Waals surface area contributed by atoms with Crippen molar-refractivity contribution in [3.05, 3.63) is 35.0 Å². The van der Waals surface area contributed by atoms with Crippen molar-refractivity contribution in [1.82, 2.24) is 29.4 Å². The van der Waals surface area contributed by atoms with E-state index in [2.05, 4.69) is 9.80 Å². The number of piperidine rings is 3. The van der Waals surface area contributed by atoms with Gasteiger partial charge >= 0.3 is 12.3 Å². The number of nitrogens with zero attached hydrogens (tertiary/aromatic N) is 6. The lowest BCUT2D eigenvalue weighted by molar-refractivity contribution is -0.139. The highest BCUT2D eigenvalue weighted by atomic mass is 32.2. The number of β-amino-alcohol motifs (C(OH)–C–C–N with tert-alkyl or cyclic N) is 1. The number of hydrogen-bond donors (Lipinski definition) is 1. The number of amides is 2. The van der Waals surface area contributed by atoms with Crippen molar-refractivity contribution in [1.29, 1.82) is 0 Å². The number of likely N-dealkylation sites (tertiary alicyclic amines) is 3. The molecule has 6 rings (SSSR count). The Morgan fingerprint density at radius 3 is 2.36 bits per heavy atom. The summed E-state index contributed by atoms with van der Waals surface area (Å²) in [6.07, 6.45) is 0.232. The molecule has 0 spiro atoms. The van der Waals surface area contributed by atoms with Crippen molar-refractivity contribution in [2.75, 3.05) is 71.3 Å². The molecule has 306 valence electrons. The number of carbonyl (C=O) groups is 2. The first kappa shape index (κ1) is 41.7. The summed E-state index contributed by atoms with van der Waals surface area (Å²) in [6.45, 7) is 10.6. The van der Waals surface area contributed by atoms with Crippen molar-refractivity contribution in [2.45, 2.75) is 108 Å². The van der Waals surface area contributed by atoms with E-state index < -0.39 is 24.0 Å². The highest BCUT2D eigenvalue weighted by Crippen LogP contribution is 2.40. The standard InChI is InChI=1S/C40H58F4N6O4S/c1-28(2)27-54-39(53)48-17-8-29(9-18-48)22-37(52)49-19-12-35-33(26-49)38(45-50(35)25-32(51)24-47-13-4-3-5-14-47)30-6-7-34(40(42,43)44)36(23-30)55-21-20-46-15-10-31(41)11-16-46/h6-7,23,28-29,31-32,51H,3-5,8-22,24-27H2,1-2H3. The molecule has 15 heteroatoms. The van der Waals surface area contributed by atoms with Crippen LogP contribution in [-0.4, -0.2) is 130 Å². The number of halogens is 4. The first-order valence-corrected chi connectivity index (χ1v) is 21.2. The number of ether oxygens (including phenoxy) is 1. The first-order valence-electron chi connectivity index (χ1n) is 20.2. The normalized spacial score (nSPS) is 20.2. The van der Waals surface area contributed by atoms with Gasteiger partial charge in [-0.05, 0) is 75.6 Å². The predicted octanol–water partition coefficient (Wildman–Crippen LogP) is 6.72. The van der Waals surface area contributed by atoms with Crippen LogP contribution in [0.15, 0.2) is 23.1 Å². The number of hydrogen-bond acceptors (Lipinski definition) is 8. The van der Waals surface area contributed by atoms with Crippen LogP contribution in [0, 0.1) is 11.8 Å². The van der Waals surface area contributed by atoms with Gasteiger partial charge in [0.15, 0.2) is 0 Å². The lowest BCUT2D eigenvalue weighted by Gasteiger charge is -2.33. The van der Waals surface area contributed by atoms with Gasteiger partial charge in [-0.15, -0.1) is 11.8 Å². The van der Waals surface area contributed by atoms with Crippen LogP contribution < -0.4 is 0 Å². The maximum Gasteiger partial charge on any atom is 0.417 e. The molecule has 3 saturated heterocycles. The van der Waals surface area contributed by atoms with Crippen LogP contribution in [0.3, 0.4) is 0 Å². The molecule has 1 N–H and O–H groups in total. The predicted molar refractivity (Wildman–Crippen MR) is 204 cm³/mol. The number of benzene rings is 1. The molecular formula is C40H58F4N6O4S. The van der Waals surface area contributed by atoms with Crippen LogP contribution in [0.1, 0.15) is 82.0 Å². The fourth-order valence-electron chi connectivity index (χ4n) is 8.24. The second-order valence-electron chi connectivity index (χ2n) is 16.2. The summed E-state index contributed by atoms with van der Waals surface area (Å²) >= 11 is 1.15. The molecule has 1 atom stereocenters. The Morgan fingerprint density at radius 1 is 0.945 bits per heavy atom. The SMILES string of the molecule is CC(C)COC(=O)N1CCC(CC(=O)N2CCc3c(c(-c4ccc(C(F)(F)F)c(SCCN5CCC(F)CC5)c4)nn3CC(O)CN3CCCCC3)C2)CC1. The van der Waals surface area contributed by atoms with Crippen molar-refractivity contribution in [3.63, 3.8) is 0 Å². The van der Waals surface area contributed by atoms with Gasteiger partial charge in [-0.2, -0.15) is 18.3 Å². The summed E-state index contributed by atoms with van der Waals surface area (Å²) in [5, 5.41) is 16.2. The van der Waals surface area contributed by atoms with Crippen LogP contribution in [0.4, 0.5) is 22.4 Å². The maximum atomic E-state index is 14.3. The zero-order valence-corrected chi connectivity index (χ0v) is 33.2. The van der Waals surface area contributed by atoms with Gasteiger partial charge in [0.2, 0.25) is 5.91 Å². The van der Waals surface area contributed by atoms with Gasteiger partial charge in [0.1, 0.15) is 6.17 Å². The average Bonchev–Trinajstić information content (AvgIpc) is 3.52. The van der Waals surface area contributed by atoms with Gasteiger partial charge in [-0.3, -0.25) is 9.48 Å². The quantitative estimate of drug-likeness (QED) is 0.177. The summed E-state index contributed by atoms with van der Waals surface area (Å²) in [4.78, 5) is 34.3. The molecule has 1 aromatic carbocycles. The number of aromatic nitrogens is 2. The molecule has 1 unspecified atom stereocenters. The summed E-state index contributed by atoms with van der Waals surface area (Å²) in [6, 6.07) is 4.16. The van der Waals surface area contributed by atoms with Crippen molar-refractivity contribution in [2.24, 2.45) is 11.8 Å². The van der Waals surface area contributed by atoms with Gasteiger partial charge in [0.05, 0.1) is 30.5 Å². The summed E-state index contributed by atoms with van der Waals surface area (Å²) in [5.74, 6) is 0.826. The van der Waals surface area contributed by atoms with Crippen LogP contribution in [0.2, 0.25) is 0 Å². The lowest BCUT2D eigenvalue weighted by Crippen LogP contribution is -2.42. The van der Waals surface area contributed by atoms with Crippen LogP contribution in [0.5, 0.6) is 0 Å². The zero-order valence-electron chi connectivity index (χ0n) is 32.4. The minimum Gasteiger partial charge on any atom is -0.449 e. The van der Waals surface area contributed by atoms with E-state index in [9.17, 15) is 32.3 Å². The fourth-order valence-corrected chi connectivity index (χ4v) is 9.36. The Morgan fingerprint density at radius 2 is 1.67 bits per heavy atom. The van der Waals surface area contributed by atoms with Gasteiger partial charge in [-0.25, -0.2) is 9.18 Å². The average molecular weight is 795 g/mol. The number of thioether (sulfide) groups is 1. The van der Waals surface area contributed by atoms with E-state index in [4.69, 9.17) is 9.84 Å². The zero-order chi connectivity index (χ0) is 39.1. The van der Waals surface area contributed by atoms with Crippen LogP contribution >= 0.6 is 11.8 Å². The van der Waals surface area contributed by atoms with E-state index in [1.165, 1.54) is 12.5 Å². The number of alkyl halides is 4. The monoisotopic (exact) mass is 794 g/mol. The minimum absolute atomic E-state index is 0.00998. The molecule has 1 aromatic heterocycles. The topological polar surface area (TPSA) is 94.4 Å². The molecule has 0 saturated carbocycles.